The maximum Gasteiger partial charge on any atom is 0.224 e. The molecule has 3 rings (SSSR count). The van der Waals surface area contributed by atoms with Crippen molar-refractivity contribution in [2.24, 2.45) is 0 Å². The highest BCUT2D eigenvalue weighted by Crippen LogP contribution is 2.14. The van der Waals surface area contributed by atoms with E-state index >= 15 is 0 Å². The molecule has 1 aliphatic rings. The largest absolute Gasteiger partial charge is 0.378 e. The summed E-state index contributed by atoms with van der Waals surface area (Å²) in [6, 6.07) is 4.01. The molecule has 1 N–H and O–H groups in total. The molecule has 2 aromatic rings. The maximum atomic E-state index is 5.36. The Balaban J connectivity index is 1.56. The molecule has 7 heteroatoms. The summed E-state index contributed by atoms with van der Waals surface area (Å²) >= 11 is 3.43. The van der Waals surface area contributed by atoms with Crippen LogP contribution in [0.5, 0.6) is 0 Å². The van der Waals surface area contributed by atoms with Crippen molar-refractivity contribution >= 4 is 27.7 Å². The van der Waals surface area contributed by atoms with Crippen molar-refractivity contribution in [1.29, 1.82) is 0 Å². The number of morpholine rings is 1. The van der Waals surface area contributed by atoms with Crippen molar-refractivity contribution in [1.82, 2.24) is 15.0 Å². The Morgan fingerprint density at radius 3 is 2.95 bits per heavy atom. The molecule has 1 fully saturated rings. The number of halogens is 1. The van der Waals surface area contributed by atoms with Crippen molar-refractivity contribution in [3.63, 3.8) is 0 Å². The van der Waals surface area contributed by atoms with E-state index in [0.717, 1.165) is 49.6 Å². The molecular weight excluding hydrogens is 346 g/mol. The molecule has 116 valence electrons. The predicted octanol–water partition coefficient (Wildman–Crippen LogP) is 2.13. The minimum absolute atomic E-state index is 0.659. The number of nitrogens with zero attached hydrogens (tertiary/aromatic N) is 4. The van der Waals surface area contributed by atoms with E-state index in [4.69, 9.17) is 4.74 Å². The zero-order valence-electron chi connectivity index (χ0n) is 12.2. The topological polar surface area (TPSA) is 63.2 Å². The predicted molar refractivity (Wildman–Crippen MR) is 89.2 cm³/mol. The zero-order chi connectivity index (χ0) is 15.2. The van der Waals surface area contributed by atoms with Crippen LogP contribution < -0.4 is 10.2 Å². The summed E-state index contributed by atoms with van der Waals surface area (Å²) in [5, 5.41) is 3.27. The molecule has 2 aromatic heterocycles. The first kappa shape index (κ1) is 15.2. The number of hydrogen-bond acceptors (Lipinski definition) is 6. The van der Waals surface area contributed by atoms with Crippen LogP contribution in [0.25, 0.3) is 0 Å². The van der Waals surface area contributed by atoms with E-state index in [0.29, 0.717) is 5.95 Å². The van der Waals surface area contributed by atoms with Gasteiger partial charge in [0.05, 0.1) is 13.2 Å². The number of pyridine rings is 1. The summed E-state index contributed by atoms with van der Waals surface area (Å²) in [5.74, 6) is 1.61. The van der Waals surface area contributed by atoms with Gasteiger partial charge in [-0.1, -0.05) is 0 Å². The average molecular weight is 364 g/mol. The van der Waals surface area contributed by atoms with Gasteiger partial charge in [-0.2, -0.15) is 4.98 Å². The van der Waals surface area contributed by atoms with Crippen LogP contribution >= 0.6 is 15.9 Å². The quantitative estimate of drug-likeness (QED) is 0.877. The molecule has 0 aliphatic carbocycles. The highest BCUT2D eigenvalue weighted by atomic mass is 79.9. The van der Waals surface area contributed by atoms with Crippen LogP contribution in [-0.4, -0.2) is 47.8 Å². The van der Waals surface area contributed by atoms with Crippen molar-refractivity contribution in [3.05, 3.63) is 40.8 Å². The van der Waals surface area contributed by atoms with Crippen molar-refractivity contribution in [2.45, 2.75) is 6.42 Å². The minimum Gasteiger partial charge on any atom is -0.378 e. The smallest absolute Gasteiger partial charge is 0.224 e. The summed E-state index contributed by atoms with van der Waals surface area (Å²) < 4.78 is 6.36. The van der Waals surface area contributed by atoms with Gasteiger partial charge in [0.2, 0.25) is 5.95 Å². The van der Waals surface area contributed by atoms with Crippen LogP contribution in [0.3, 0.4) is 0 Å². The summed E-state index contributed by atoms with van der Waals surface area (Å²) in [4.78, 5) is 15.2. The van der Waals surface area contributed by atoms with Gasteiger partial charge >= 0.3 is 0 Å². The average Bonchev–Trinajstić information content (AvgIpc) is 2.56. The molecule has 1 aliphatic heterocycles. The Labute approximate surface area is 138 Å². The second-order valence-electron chi connectivity index (χ2n) is 5.03. The normalized spacial score (nSPS) is 14.9. The Bertz CT molecular complexity index is 618. The maximum absolute atomic E-state index is 5.36. The standard InChI is InChI=1S/C15H18BrN5O/c16-13-9-12(10-17-11-13)1-3-18-15-19-4-2-14(20-15)21-5-7-22-8-6-21/h2,4,9-11H,1,3,5-8H2,(H,18,19,20). The molecule has 0 amide bonds. The lowest BCUT2D eigenvalue weighted by molar-refractivity contribution is 0.122. The Hall–Kier alpha value is -1.73. The van der Waals surface area contributed by atoms with E-state index in [9.17, 15) is 0 Å². The fourth-order valence-electron chi connectivity index (χ4n) is 2.31. The number of ether oxygens (including phenoxy) is 1. The number of rotatable bonds is 5. The van der Waals surface area contributed by atoms with Crippen LogP contribution in [0.1, 0.15) is 5.56 Å². The van der Waals surface area contributed by atoms with E-state index in [1.54, 1.807) is 12.4 Å². The SMILES string of the molecule is Brc1cncc(CCNc2nccc(N3CCOCC3)n2)c1. The van der Waals surface area contributed by atoms with Gasteiger partial charge in [-0.25, -0.2) is 4.98 Å². The highest BCUT2D eigenvalue weighted by Gasteiger charge is 2.12. The molecule has 1 saturated heterocycles. The zero-order valence-corrected chi connectivity index (χ0v) is 13.8. The van der Waals surface area contributed by atoms with Crippen LogP contribution in [0.15, 0.2) is 35.2 Å². The number of hydrogen-bond donors (Lipinski definition) is 1. The van der Waals surface area contributed by atoms with Crippen LogP contribution in [0.2, 0.25) is 0 Å². The monoisotopic (exact) mass is 363 g/mol. The molecule has 0 bridgehead atoms. The Morgan fingerprint density at radius 2 is 2.14 bits per heavy atom. The molecule has 0 atom stereocenters. The lowest BCUT2D eigenvalue weighted by Crippen LogP contribution is -2.36. The minimum atomic E-state index is 0.659. The van der Waals surface area contributed by atoms with Gasteiger partial charge in [-0.05, 0) is 40.0 Å². The fraction of sp³-hybridized carbons (Fsp3) is 0.400. The van der Waals surface area contributed by atoms with E-state index in [1.807, 2.05) is 12.3 Å². The van der Waals surface area contributed by atoms with Gasteiger partial charge in [0.15, 0.2) is 0 Å². The van der Waals surface area contributed by atoms with Gasteiger partial charge in [0.25, 0.3) is 0 Å². The van der Waals surface area contributed by atoms with Crippen molar-refractivity contribution in [3.8, 4) is 0 Å². The van der Waals surface area contributed by atoms with Crippen LogP contribution in [0, 0.1) is 0 Å². The highest BCUT2D eigenvalue weighted by molar-refractivity contribution is 9.10. The lowest BCUT2D eigenvalue weighted by Gasteiger charge is -2.27. The third-order valence-electron chi connectivity index (χ3n) is 3.43. The first-order valence-corrected chi connectivity index (χ1v) is 8.09. The molecule has 0 unspecified atom stereocenters. The van der Waals surface area contributed by atoms with Crippen molar-refractivity contribution < 1.29 is 4.74 Å². The first-order chi connectivity index (χ1) is 10.8. The van der Waals surface area contributed by atoms with Crippen molar-refractivity contribution in [2.75, 3.05) is 43.1 Å². The third-order valence-corrected chi connectivity index (χ3v) is 3.87. The summed E-state index contributed by atoms with van der Waals surface area (Å²) in [6.45, 7) is 4.02. The van der Waals surface area contributed by atoms with Gasteiger partial charge in [-0.15, -0.1) is 0 Å². The molecule has 3 heterocycles. The van der Waals surface area contributed by atoms with E-state index < -0.39 is 0 Å². The molecule has 22 heavy (non-hydrogen) atoms. The summed E-state index contributed by atoms with van der Waals surface area (Å²) in [7, 11) is 0. The van der Waals surface area contributed by atoms with Crippen LogP contribution in [-0.2, 0) is 11.2 Å². The number of nitrogens with one attached hydrogen (secondary N) is 1. The first-order valence-electron chi connectivity index (χ1n) is 7.30. The van der Waals surface area contributed by atoms with Crippen LogP contribution in [0.4, 0.5) is 11.8 Å². The second kappa shape index (κ2) is 7.51. The number of aromatic nitrogens is 3. The summed E-state index contributed by atoms with van der Waals surface area (Å²) in [5.41, 5.74) is 1.17. The summed E-state index contributed by atoms with van der Waals surface area (Å²) in [6.07, 6.45) is 6.32. The molecular formula is C15H18BrN5O. The third kappa shape index (κ3) is 4.14. The molecule has 0 spiro atoms. The Morgan fingerprint density at radius 1 is 1.27 bits per heavy atom. The van der Waals surface area contributed by atoms with Gasteiger partial charge in [0, 0.05) is 42.7 Å². The van der Waals surface area contributed by atoms with Gasteiger partial charge < -0.3 is 15.0 Å². The molecule has 0 saturated carbocycles. The second-order valence-corrected chi connectivity index (χ2v) is 5.94. The van der Waals surface area contributed by atoms with E-state index in [-0.39, 0.29) is 0 Å². The Kier molecular flexibility index (Phi) is 5.18. The molecule has 0 radical (unpaired) electrons. The molecule has 0 aromatic carbocycles. The number of anilines is 2. The molecule has 6 nitrogen and oxygen atoms in total. The van der Waals surface area contributed by atoms with E-state index in [2.05, 4.69) is 47.2 Å². The van der Waals surface area contributed by atoms with Gasteiger partial charge in [-0.3, -0.25) is 4.98 Å². The fourth-order valence-corrected chi connectivity index (χ4v) is 2.73. The van der Waals surface area contributed by atoms with E-state index in [1.165, 1.54) is 5.56 Å². The van der Waals surface area contributed by atoms with Gasteiger partial charge in [0.1, 0.15) is 5.82 Å². The lowest BCUT2D eigenvalue weighted by atomic mass is 10.2.